The number of nitrogens with zero attached hydrogens (tertiary/aromatic N) is 6. The topological polar surface area (TPSA) is 101 Å². The first-order valence-corrected chi connectivity index (χ1v) is 8.74. The van der Waals surface area contributed by atoms with Crippen LogP contribution in [0, 0.1) is 25.2 Å². The van der Waals surface area contributed by atoms with Gasteiger partial charge in [-0.25, -0.2) is 9.67 Å². The molecule has 27 heavy (non-hydrogen) atoms. The lowest BCUT2D eigenvalue weighted by atomic mass is 10.1. The number of aryl methyl sites for hydroxylation is 2. The van der Waals surface area contributed by atoms with Crippen molar-refractivity contribution in [3.8, 4) is 11.9 Å². The first-order chi connectivity index (χ1) is 13.1. The summed E-state index contributed by atoms with van der Waals surface area (Å²) in [6.45, 7) is 4.48. The van der Waals surface area contributed by atoms with E-state index in [0.717, 1.165) is 17.0 Å². The fourth-order valence-corrected chi connectivity index (χ4v) is 2.93. The van der Waals surface area contributed by atoms with Crippen LogP contribution in [0.2, 0.25) is 0 Å². The molecule has 0 unspecified atom stereocenters. The Morgan fingerprint density at radius 3 is 2.85 bits per heavy atom. The number of carbonyl (C=O) groups is 1. The third-order valence-electron chi connectivity index (χ3n) is 4.34. The summed E-state index contributed by atoms with van der Waals surface area (Å²) >= 11 is 0. The number of nitriles is 1. The van der Waals surface area contributed by atoms with Gasteiger partial charge in [0.05, 0.1) is 36.6 Å². The van der Waals surface area contributed by atoms with E-state index >= 15 is 0 Å². The summed E-state index contributed by atoms with van der Waals surface area (Å²) in [7, 11) is 0. The third kappa shape index (κ3) is 4.39. The minimum Gasteiger partial charge on any atom is -0.325 e. The van der Waals surface area contributed by atoms with Crippen LogP contribution < -0.4 is 5.32 Å². The third-order valence-corrected chi connectivity index (χ3v) is 4.34. The smallest absolute Gasteiger partial charge is 0.224 e. The van der Waals surface area contributed by atoms with Gasteiger partial charge in [-0.1, -0.05) is 0 Å². The van der Waals surface area contributed by atoms with Crippen LogP contribution in [0.3, 0.4) is 0 Å². The van der Waals surface area contributed by atoms with E-state index in [4.69, 9.17) is 5.26 Å². The predicted molar refractivity (Wildman–Crippen MR) is 100 cm³/mol. The number of carbonyl (C=O) groups excluding carboxylic acids is 1. The van der Waals surface area contributed by atoms with Crippen molar-refractivity contribution in [2.24, 2.45) is 0 Å². The molecule has 0 saturated carbocycles. The van der Waals surface area contributed by atoms with Gasteiger partial charge in [-0.15, -0.1) is 0 Å². The molecule has 0 aliphatic rings. The van der Waals surface area contributed by atoms with E-state index in [1.165, 1.54) is 0 Å². The Bertz CT molecular complexity index is 949. The minimum absolute atomic E-state index is 0.0767. The van der Waals surface area contributed by atoms with Crippen molar-refractivity contribution in [3.05, 3.63) is 53.7 Å². The molecule has 1 amide bonds. The second kappa shape index (κ2) is 8.27. The summed E-state index contributed by atoms with van der Waals surface area (Å²) in [4.78, 5) is 16.6. The zero-order valence-electron chi connectivity index (χ0n) is 15.4. The molecule has 3 heterocycles. The van der Waals surface area contributed by atoms with Crippen molar-refractivity contribution in [2.45, 2.75) is 39.7 Å². The zero-order chi connectivity index (χ0) is 19.2. The molecular weight excluding hydrogens is 342 g/mol. The highest BCUT2D eigenvalue weighted by molar-refractivity contribution is 5.90. The van der Waals surface area contributed by atoms with Gasteiger partial charge in [0.1, 0.15) is 0 Å². The Hall–Kier alpha value is -3.47. The van der Waals surface area contributed by atoms with Crippen molar-refractivity contribution in [1.82, 2.24) is 24.5 Å². The molecule has 3 aromatic heterocycles. The van der Waals surface area contributed by atoms with Crippen LogP contribution in [0.1, 0.15) is 29.8 Å². The van der Waals surface area contributed by atoms with Crippen LogP contribution in [-0.4, -0.2) is 30.5 Å². The summed E-state index contributed by atoms with van der Waals surface area (Å²) in [5, 5.41) is 20.2. The number of hydrogen-bond acceptors (Lipinski definition) is 5. The van der Waals surface area contributed by atoms with Crippen molar-refractivity contribution in [2.75, 3.05) is 5.32 Å². The number of pyridine rings is 1. The molecule has 0 aliphatic heterocycles. The lowest BCUT2D eigenvalue weighted by Crippen LogP contribution is -2.13. The molecule has 138 valence electrons. The van der Waals surface area contributed by atoms with Crippen LogP contribution in [0.25, 0.3) is 5.82 Å². The maximum atomic E-state index is 12.3. The molecule has 8 nitrogen and oxygen atoms in total. The number of rotatable bonds is 7. The molecule has 0 bridgehead atoms. The highest BCUT2D eigenvalue weighted by atomic mass is 16.1. The monoisotopic (exact) mass is 363 g/mol. The Balaban J connectivity index is 1.57. The standard InChI is InChI=1S/C19H21N7O/c1-14-17(15(2)25(24-14)11-3-9-20)6-8-19(27)23-16-5-7-18(21-13-16)26-12-4-10-22-26/h4-5,7,10,12-13H,3,6,8,11H2,1-2H3,(H,23,27). The summed E-state index contributed by atoms with van der Waals surface area (Å²) in [6.07, 6.45) is 6.49. The van der Waals surface area contributed by atoms with Gasteiger partial charge in [0.15, 0.2) is 5.82 Å². The summed E-state index contributed by atoms with van der Waals surface area (Å²) in [5.74, 6) is 0.612. The van der Waals surface area contributed by atoms with Gasteiger partial charge >= 0.3 is 0 Å². The largest absolute Gasteiger partial charge is 0.325 e. The lowest BCUT2D eigenvalue weighted by Gasteiger charge is -2.07. The van der Waals surface area contributed by atoms with Crippen LogP contribution in [-0.2, 0) is 17.8 Å². The average molecular weight is 363 g/mol. The first kappa shape index (κ1) is 18.3. The van der Waals surface area contributed by atoms with Crippen molar-refractivity contribution in [1.29, 1.82) is 5.26 Å². The van der Waals surface area contributed by atoms with Crippen LogP contribution >= 0.6 is 0 Å². The lowest BCUT2D eigenvalue weighted by molar-refractivity contribution is -0.116. The predicted octanol–water partition coefficient (Wildman–Crippen LogP) is 2.57. The first-order valence-electron chi connectivity index (χ1n) is 8.74. The van der Waals surface area contributed by atoms with E-state index in [1.807, 2.05) is 30.8 Å². The number of amides is 1. The molecule has 0 aliphatic carbocycles. The Morgan fingerprint density at radius 1 is 1.33 bits per heavy atom. The van der Waals surface area contributed by atoms with Crippen molar-refractivity contribution in [3.63, 3.8) is 0 Å². The highest BCUT2D eigenvalue weighted by Gasteiger charge is 2.13. The Morgan fingerprint density at radius 2 is 2.19 bits per heavy atom. The fraction of sp³-hybridized carbons (Fsp3) is 0.316. The number of aromatic nitrogens is 5. The molecule has 0 fully saturated rings. The highest BCUT2D eigenvalue weighted by Crippen LogP contribution is 2.16. The van der Waals surface area contributed by atoms with Gasteiger partial charge in [-0.3, -0.25) is 9.48 Å². The maximum Gasteiger partial charge on any atom is 0.224 e. The van der Waals surface area contributed by atoms with Gasteiger partial charge < -0.3 is 5.32 Å². The van der Waals surface area contributed by atoms with Gasteiger partial charge in [0.2, 0.25) is 5.91 Å². The Kier molecular flexibility index (Phi) is 5.61. The van der Waals surface area contributed by atoms with E-state index in [2.05, 4.69) is 26.6 Å². The van der Waals surface area contributed by atoms with E-state index in [1.54, 1.807) is 29.2 Å². The molecule has 0 atom stereocenters. The molecule has 0 spiro atoms. The molecule has 0 aromatic carbocycles. The van der Waals surface area contributed by atoms with Gasteiger partial charge in [0.25, 0.3) is 0 Å². The van der Waals surface area contributed by atoms with Crippen LogP contribution in [0.15, 0.2) is 36.8 Å². The molecule has 3 aromatic rings. The fourth-order valence-electron chi connectivity index (χ4n) is 2.93. The molecular formula is C19H21N7O. The minimum atomic E-state index is -0.0767. The SMILES string of the molecule is Cc1nn(CCC#N)c(C)c1CCC(=O)Nc1ccc(-n2cccn2)nc1. The van der Waals surface area contributed by atoms with Crippen LogP contribution in [0.4, 0.5) is 5.69 Å². The maximum absolute atomic E-state index is 12.3. The summed E-state index contributed by atoms with van der Waals surface area (Å²) in [5.41, 5.74) is 3.63. The number of anilines is 1. The molecule has 0 saturated heterocycles. The van der Waals surface area contributed by atoms with Crippen molar-refractivity contribution < 1.29 is 4.79 Å². The summed E-state index contributed by atoms with van der Waals surface area (Å²) < 4.78 is 3.49. The quantitative estimate of drug-likeness (QED) is 0.695. The molecule has 0 radical (unpaired) electrons. The van der Waals surface area contributed by atoms with E-state index < -0.39 is 0 Å². The summed E-state index contributed by atoms with van der Waals surface area (Å²) in [6, 6.07) is 7.56. The van der Waals surface area contributed by atoms with E-state index in [9.17, 15) is 4.79 Å². The second-order valence-electron chi connectivity index (χ2n) is 6.18. The van der Waals surface area contributed by atoms with Gasteiger partial charge in [-0.2, -0.15) is 15.5 Å². The second-order valence-corrected chi connectivity index (χ2v) is 6.18. The average Bonchev–Trinajstić information content (AvgIpc) is 3.28. The zero-order valence-corrected chi connectivity index (χ0v) is 15.4. The Labute approximate surface area is 157 Å². The number of nitrogens with one attached hydrogen (secondary N) is 1. The normalized spacial score (nSPS) is 10.6. The molecule has 1 N–H and O–H groups in total. The molecule has 3 rings (SSSR count). The van der Waals surface area contributed by atoms with Crippen LogP contribution in [0.5, 0.6) is 0 Å². The van der Waals surface area contributed by atoms with Gasteiger partial charge in [0, 0.05) is 24.5 Å². The van der Waals surface area contributed by atoms with Crippen molar-refractivity contribution >= 4 is 11.6 Å². The van der Waals surface area contributed by atoms with Gasteiger partial charge in [-0.05, 0) is 44.0 Å². The van der Waals surface area contributed by atoms with E-state index in [-0.39, 0.29) is 5.91 Å². The number of hydrogen-bond donors (Lipinski definition) is 1. The van der Waals surface area contributed by atoms with E-state index in [0.29, 0.717) is 37.3 Å². The molecule has 8 heteroatoms.